The van der Waals surface area contributed by atoms with Crippen LogP contribution in [0.5, 0.6) is 5.75 Å². The maximum Gasteiger partial charge on any atom is 0.244 e. The van der Waals surface area contributed by atoms with Crippen LogP contribution >= 0.6 is 0 Å². The number of nitrogens with zero attached hydrogens (tertiary/aromatic N) is 2. The molecule has 34 heavy (non-hydrogen) atoms. The average molecular weight is 512 g/mol. The Morgan fingerprint density at radius 3 is 2.12 bits per heavy atom. The quantitative estimate of drug-likeness (QED) is 0.463. The fourth-order valence-corrected chi connectivity index (χ4v) is 5.41. The summed E-state index contributed by atoms with van der Waals surface area (Å²) in [5.74, 6) is 0.0223. The van der Waals surface area contributed by atoms with Crippen molar-refractivity contribution in [3.8, 4) is 5.75 Å². The number of aryl methyl sites for hydroxylation is 2. The summed E-state index contributed by atoms with van der Waals surface area (Å²) in [4.78, 5) is 13.0. The number of sulfonamides is 2. The van der Waals surface area contributed by atoms with E-state index < -0.39 is 32.0 Å². The third-order valence-corrected chi connectivity index (χ3v) is 8.36. The fourth-order valence-electron chi connectivity index (χ4n) is 3.30. The van der Waals surface area contributed by atoms with Gasteiger partial charge in [-0.25, -0.2) is 21.1 Å². The Kier molecular flexibility index (Phi) is 9.09. The molecule has 0 radical (unpaired) electrons. The maximum absolute atomic E-state index is 12.9. The molecule has 0 bridgehead atoms. The van der Waals surface area contributed by atoms with Gasteiger partial charge in [-0.3, -0.25) is 9.10 Å². The van der Waals surface area contributed by atoms with Crippen LogP contribution in [0.3, 0.4) is 0 Å². The second-order valence-electron chi connectivity index (χ2n) is 8.15. The zero-order valence-corrected chi connectivity index (χ0v) is 22.0. The van der Waals surface area contributed by atoms with Crippen LogP contribution in [0.1, 0.15) is 24.5 Å². The third-order valence-electron chi connectivity index (χ3n) is 5.35. The van der Waals surface area contributed by atoms with Gasteiger partial charge in [-0.2, -0.15) is 0 Å². The van der Waals surface area contributed by atoms with Gasteiger partial charge in [0.15, 0.2) is 0 Å². The summed E-state index contributed by atoms with van der Waals surface area (Å²) in [5.41, 5.74) is 2.40. The second kappa shape index (κ2) is 11.2. The molecule has 0 aliphatic heterocycles. The van der Waals surface area contributed by atoms with Crippen molar-refractivity contribution in [2.45, 2.75) is 38.1 Å². The zero-order chi connectivity index (χ0) is 25.7. The first-order valence-corrected chi connectivity index (χ1v) is 14.1. The lowest BCUT2D eigenvalue weighted by molar-refractivity contribution is -0.122. The predicted octanol–water partition coefficient (Wildman–Crippen LogP) is 2.29. The molecular formula is C23H33N3O6S2. The van der Waals surface area contributed by atoms with Crippen molar-refractivity contribution in [1.29, 1.82) is 0 Å². The van der Waals surface area contributed by atoms with Crippen molar-refractivity contribution in [1.82, 2.24) is 9.62 Å². The standard InChI is InChI=1S/C23H33N3O6S2/c1-7-22(26(33(6,28)29)19-9-8-17(2)18(3)16-19)23(27)24-14-15-32-20-10-12-21(13-11-20)34(30,31)25(4)5/h8-13,16,22H,7,14-15H2,1-6H3,(H,24,27). The molecule has 0 spiro atoms. The Morgan fingerprint density at radius 1 is 1.00 bits per heavy atom. The van der Waals surface area contributed by atoms with Crippen LogP contribution in [0, 0.1) is 13.8 Å². The molecule has 2 aromatic carbocycles. The summed E-state index contributed by atoms with van der Waals surface area (Å²) in [6.45, 7) is 5.86. The van der Waals surface area contributed by atoms with Gasteiger partial charge in [-0.1, -0.05) is 13.0 Å². The predicted molar refractivity (Wildman–Crippen MR) is 133 cm³/mol. The van der Waals surface area contributed by atoms with Gasteiger partial charge in [-0.15, -0.1) is 0 Å². The molecule has 0 aliphatic carbocycles. The molecule has 1 amide bonds. The zero-order valence-electron chi connectivity index (χ0n) is 20.4. The molecule has 2 rings (SSSR count). The highest BCUT2D eigenvalue weighted by atomic mass is 32.2. The van der Waals surface area contributed by atoms with Crippen LogP contribution in [-0.4, -0.2) is 66.6 Å². The van der Waals surface area contributed by atoms with Gasteiger partial charge in [0, 0.05) is 14.1 Å². The molecule has 0 saturated carbocycles. The minimum Gasteiger partial charge on any atom is -0.492 e. The Labute approximate surface area is 202 Å². The molecule has 0 saturated heterocycles. The smallest absolute Gasteiger partial charge is 0.244 e. The number of nitrogens with one attached hydrogen (secondary N) is 1. The van der Waals surface area contributed by atoms with Crippen LogP contribution in [0.2, 0.25) is 0 Å². The number of carbonyl (C=O) groups is 1. The molecule has 2 aromatic rings. The summed E-state index contributed by atoms with van der Waals surface area (Å²) in [5, 5.41) is 2.73. The Hall–Kier alpha value is -2.63. The van der Waals surface area contributed by atoms with E-state index in [2.05, 4.69) is 5.32 Å². The Bertz CT molecular complexity index is 1210. The molecule has 1 atom stereocenters. The van der Waals surface area contributed by atoms with E-state index in [1.54, 1.807) is 19.1 Å². The number of rotatable bonds is 11. The number of hydrogen-bond donors (Lipinski definition) is 1. The third kappa shape index (κ3) is 6.71. The first-order valence-electron chi connectivity index (χ1n) is 10.8. The van der Waals surface area contributed by atoms with Gasteiger partial charge in [0.05, 0.1) is 23.4 Å². The Balaban J connectivity index is 2.03. The lowest BCUT2D eigenvalue weighted by Gasteiger charge is -2.30. The number of ether oxygens (including phenoxy) is 1. The number of hydrogen-bond acceptors (Lipinski definition) is 6. The Morgan fingerprint density at radius 2 is 1.62 bits per heavy atom. The summed E-state index contributed by atoms with van der Waals surface area (Å²) < 4.78 is 57.2. The highest BCUT2D eigenvalue weighted by Gasteiger charge is 2.31. The molecule has 9 nitrogen and oxygen atoms in total. The molecule has 11 heteroatoms. The normalized spacial score (nSPS) is 12.9. The molecule has 0 aliphatic rings. The van der Waals surface area contributed by atoms with Crippen LogP contribution in [0.15, 0.2) is 47.4 Å². The molecule has 0 heterocycles. The summed E-state index contributed by atoms with van der Waals surface area (Å²) in [6.07, 6.45) is 1.37. The first-order chi connectivity index (χ1) is 15.8. The molecule has 1 unspecified atom stereocenters. The van der Waals surface area contributed by atoms with Gasteiger partial charge >= 0.3 is 0 Å². The van der Waals surface area contributed by atoms with Gasteiger partial charge in [0.25, 0.3) is 0 Å². The van der Waals surface area contributed by atoms with E-state index in [4.69, 9.17) is 4.74 Å². The summed E-state index contributed by atoms with van der Waals surface area (Å²) in [6, 6.07) is 10.4. The molecule has 0 aromatic heterocycles. The lowest BCUT2D eigenvalue weighted by atomic mass is 10.1. The topological polar surface area (TPSA) is 113 Å². The SMILES string of the molecule is CCC(C(=O)NCCOc1ccc(S(=O)(=O)N(C)C)cc1)N(c1ccc(C)c(C)c1)S(C)(=O)=O. The van der Waals surface area contributed by atoms with Gasteiger partial charge in [0.1, 0.15) is 18.4 Å². The van der Waals surface area contributed by atoms with Crippen molar-refractivity contribution in [2.75, 3.05) is 37.8 Å². The van der Waals surface area contributed by atoms with Gasteiger partial charge in [0.2, 0.25) is 26.0 Å². The first kappa shape index (κ1) is 27.6. The number of anilines is 1. The number of benzene rings is 2. The molecule has 0 fully saturated rings. The van der Waals surface area contributed by atoms with Crippen molar-refractivity contribution in [3.63, 3.8) is 0 Å². The molecular weight excluding hydrogens is 478 g/mol. The highest BCUT2D eigenvalue weighted by molar-refractivity contribution is 7.92. The molecule has 1 N–H and O–H groups in total. The van der Waals surface area contributed by atoms with Crippen LogP contribution in [0.25, 0.3) is 0 Å². The van der Waals surface area contributed by atoms with Crippen molar-refractivity contribution >= 4 is 31.6 Å². The molecule has 188 valence electrons. The fraction of sp³-hybridized carbons (Fsp3) is 0.435. The van der Waals surface area contributed by atoms with Crippen molar-refractivity contribution in [2.24, 2.45) is 0 Å². The number of amides is 1. The van der Waals surface area contributed by atoms with Crippen molar-refractivity contribution < 1.29 is 26.4 Å². The minimum absolute atomic E-state index is 0.129. The van der Waals surface area contributed by atoms with Gasteiger partial charge in [-0.05, 0) is 67.8 Å². The number of carbonyl (C=O) groups excluding carboxylic acids is 1. The van der Waals surface area contributed by atoms with E-state index in [1.807, 2.05) is 19.9 Å². The van der Waals surface area contributed by atoms with E-state index >= 15 is 0 Å². The van der Waals surface area contributed by atoms with Crippen LogP contribution < -0.4 is 14.4 Å². The van der Waals surface area contributed by atoms with Crippen LogP contribution in [-0.2, 0) is 24.8 Å². The summed E-state index contributed by atoms with van der Waals surface area (Å²) >= 11 is 0. The van der Waals surface area contributed by atoms with E-state index in [9.17, 15) is 21.6 Å². The van der Waals surface area contributed by atoms with Crippen molar-refractivity contribution in [3.05, 3.63) is 53.6 Å². The lowest BCUT2D eigenvalue weighted by Crippen LogP contribution is -2.50. The average Bonchev–Trinajstić information content (AvgIpc) is 2.76. The minimum atomic E-state index is -3.71. The highest BCUT2D eigenvalue weighted by Crippen LogP contribution is 2.25. The van der Waals surface area contributed by atoms with E-state index in [0.29, 0.717) is 11.4 Å². The van der Waals surface area contributed by atoms with Crippen LogP contribution in [0.4, 0.5) is 5.69 Å². The van der Waals surface area contributed by atoms with Gasteiger partial charge < -0.3 is 10.1 Å². The van der Waals surface area contributed by atoms with E-state index in [0.717, 1.165) is 26.0 Å². The monoisotopic (exact) mass is 511 g/mol. The summed E-state index contributed by atoms with van der Waals surface area (Å²) in [7, 11) is -4.32. The second-order valence-corrected chi connectivity index (χ2v) is 12.2. The maximum atomic E-state index is 12.9. The van der Waals surface area contributed by atoms with E-state index in [-0.39, 0.29) is 24.5 Å². The largest absolute Gasteiger partial charge is 0.492 e. The van der Waals surface area contributed by atoms with E-state index in [1.165, 1.54) is 38.4 Å².